The Morgan fingerprint density at radius 3 is 2.58 bits per heavy atom. The summed E-state index contributed by atoms with van der Waals surface area (Å²) in [6, 6.07) is 8.20. The first-order chi connectivity index (χ1) is 8.97. The Labute approximate surface area is 112 Å². The number of nitrogens with zero attached hydrogens (tertiary/aromatic N) is 1. The summed E-state index contributed by atoms with van der Waals surface area (Å²) in [5.74, 6) is -1.30. The number of nitrogens with two attached hydrogens (primary N) is 1. The number of carboxylic acids is 1. The van der Waals surface area contributed by atoms with Crippen LogP contribution in [0.4, 0.5) is 0 Å². The standard InChI is InChI=1S/C14H18N2O3/c1-14(13(18)19)8-5-9-16(14)12(17)11(15)10-6-3-2-4-7-10/h2-4,6-7,11H,5,8-9,15H2,1H3,(H,18,19). The van der Waals surface area contributed by atoms with Gasteiger partial charge in [0.05, 0.1) is 0 Å². The minimum atomic E-state index is -1.14. The summed E-state index contributed by atoms with van der Waals surface area (Å²) in [6.45, 7) is 2.03. The lowest BCUT2D eigenvalue weighted by Gasteiger charge is -2.33. The number of carboxylic acid groups (broad SMARTS) is 1. The first kappa shape index (κ1) is 13.5. The highest BCUT2D eigenvalue weighted by Crippen LogP contribution is 2.31. The fourth-order valence-corrected chi connectivity index (χ4v) is 2.51. The molecule has 102 valence electrons. The number of carbonyl (C=O) groups excluding carboxylic acids is 1. The van der Waals surface area contributed by atoms with Gasteiger partial charge in [0.15, 0.2) is 0 Å². The van der Waals surface area contributed by atoms with Crippen molar-refractivity contribution in [2.75, 3.05) is 6.54 Å². The molecule has 1 heterocycles. The van der Waals surface area contributed by atoms with Crippen molar-refractivity contribution in [3.63, 3.8) is 0 Å². The van der Waals surface area contributed by atoms with Crippen molar-refractivity contribution < 1.29 is 14.7 Å². The molecular weight excluding hydrogens is 244 g/mol. The van der Waals surface area contributed by atoms with E-state index in [2.05, 4.69) is 0 Å². The third kappa shape index (κ3) is 2.33. The first-order valence-electron chi connectivity index (χ1n) is 6.32. The minimum absolute atomic E-state index is 0.325. The molecule has 1 fully saturated rings. The summed E-state index contributed by atoms with van der Waals surface area (Å²) >= 11 is 0. The van der Waals surface area contributed by atoms with E-state index < -0.39 is 17.6 Å². The second-order valence-electron chi connectivity index (χ2n) is 5.06. The average molecular weight is 262 g/mol. The van der Waals surface area contributed by atoms with E-state index in [9.17, 15) is 14.7 Å². The zero-order valence-corrected chi connectivity index (χ0v) is 10.9. The lowest BCUT2D eigenvalue weighted by atomic mass is 9.97. The van der Waals surface area contributed by atoms with Gasteiger partial charge in [0.1, 0.15) is 11.6 Å². The number of carbonyl (C=O) groups is 2. The van der Waals surface area contributed by atoms with Crippen molar-refractivity contribution >= 4 is 11.9 Å². The molecule has 0 bridgehead atoms. The van der Waals surface area contributed by atoms with Crippen LogP contribution in [0.5, 0.6) is 0 Å². The van der Waals surface area contributed by atoms with Crippen LogP contribution in [0.25, 0.3) is 0 Å². The largest absolute Gasteiger partial charge is 0.480 e. The van der Waals surface area contributed by atoms with Crippen molar-refractivity contribution in [1.29, 1.82) is 0 Å². The van der Waals surface area contributed by atoms with Crippen molar-refractivity contribution in [1.82, 2.24) is 4.90 Å². The maximum Gasteiger partial charge on any atom is 0.329 e. The topological polar surface area (TPSA) is 83.6 Å². The van der Waals surface area contributed by atoms with Crippen molar-refractivity contribution in [3.8, 4) is 0 Å². The number of likely N-dealkylation sites (tertiary alicyclic amines) is 1. The van der Waals surface area contributed by atoms with E-state index >= 15 is 0 Å². The summed E-state index contributed by atoms with van der Waals surface area (Å²) in [6.07, 6.45) is 1.16. The molecule has 1 amide bonds. The zero-order chi connectivity index (χ0) is 14.0. The molecule has 1 aromatic carbocycles. The molecule has 1 saturated heterocycles. The van der Waals surface area contributed by atoms with Crippen LogP contribution in [0.15, 0.2) is 30.3 Å². The van der Waals surface area contributed by atoms with Gasteiger partial charge >= 0.3 is 5.97 Å². The van der Waals surface area contributed by atoms with Gasteiger partial charge < -0.3 is 15.7 Å². The van der Waals surface area contributed by atoms with Gasteiger partial charge in [0, 0.05) is 6.54 Å². The molecule has 1 aliphatic heterocycles. The summed E-state index contributed by atoms with van der Waals surface area (Å²) in [5.41, 5.74) is 5.52. The molecule has 0 radical (unpaired) electrons. The van der Waals surface area contributed by atoms with Crippen molar-refractivity contribution in [3.05, 3.63) is 35.9 Å². The van der Waals surface area contributed by atoms with E-state index in [4.69, 9.17) is 5.73 Å². The molecule has 2 rings (SSSR count). The van der Waals surface area contributed by atoms with Gasteiger partial charge in [-0.1, -0.05) is 30.3 Å². The van der Waals surface area contributed by atoms with Crippen LogP contribution in [-0.2, 0) is 9.59 Å². The van der Waals surface area contributed by atoms with E-state index in [1.54, 1.807) is 19.1 Å². The maximum atomic E-state index is 12.4. The highest BCUT2D eigenvalue weighted by atomic mass is 16.4. The van der Waals surface area contributed by atoms with Gasteiger partial charge in [0.25, 0.3) is 0 Å². The Hall–Kier alpha value is -1.88. The number of benzene rings is 1. The summed E-state index contributed by atoms with van der Waals surface area (Å²) < 4.78 is 0. The maximum absolute atomic E-state index is 12.4. The Bertz CT molecular complexity index is 489. The Balaban J connectivity index is 2.22. The molecule has 1 aliphatic rings. The third-order valence-corrected chi connectivity index (χ3v) is 3.79. The van der Waals surface area contributed by atoms with Gasteiger partial charge in [-0.15, -0.1) is 0 Å². The first-order valence-corrected chi connectivity index (χ1v) is 6.32. The monoisotopic (exact) mass is 262 g/mol. The average Bonchev–Trinajstić information content (AvgIpc) is 2.81. The van der Waals surface area contributed by atoms with E-state index in [-0.39, 0.29) is 5.91 Å². The van der Waals surface area contributed by atoms with E-state index in [1.807, 2.05) is 18.2 Å². The second-order valence-corrected chi connectivity index (χ2v) is 5.06. The molecule has 0 saturated carbocycles. The highest BCUT2D eigenvalue weighted by molar-refractivity contribution is 5.90. The van der Waals surface area contributed by atoms with E-state index in [0.29, 0.717) is 24.9 Å². The lowest BCUT2D eigenvalue weighted by Crippen LogP contribution is -2.53. The fraction of sp³-hybridized carbons (Fsp3) is 0.429. The van der Waals surface area contributed by atoms with Crippen molar-refractivity contribution in [2.45, 2.75) is 31.3 Å². The second kappa shape index (κ2) is 5.01. The van der Waals surface area contributed by atoms with Gasteiger partial charge in [-0.2, -0.15) is 0 Å². The van der Waals surface area contributed by atoms with Crippen LogP contribution in [0.3, 0.4) is 0 Å². The lowest BCUT2D eigenvalue weighted by molar-refractivity contribution is -0.155. The molecule has 5 nitrogen and oxygen atoms in total. The molecule has 1 aromatic rings. The minimum Gasteiger partial charge on any atom is -0.480 e. The molecule has 2 atom stereocenters. The van der Waals surface area contributed by atoms with E-state index in [1.165, 1.54) is 4.90 Å². The third-order valence-electron chi connectivity index (χ3n) is 3.79. The highest BCUT2D eigenvalue weighted by Gasteiger charge is 2.47. The van der Waals surface area contributed by atoms with Crippen LogP contribution >= 0.6 is 0 Å². The Morgan fingerprint density at radius 1 is 1.37 bits per heavy atom. The van der Waals surface area contributed by atoms with Crippen LogP contribution in [-0.4, -0.2) is 34.0 Å². The smallest absolute Gasteiger partial charge is 0.329 e. The summed E-state index contributed by atoms with van der Waals surface area (Å²) in [4.78, 5) is 25.2. The molecular formula is C14H18N2O3. The molecule has 3 N–H and O–H groups in total. The van der Waals surface area contributed by atoms with Gasteiger partial charge in [-0.3, -0.25) is 4.79 Å². The van der Waals surface area contributed by atoms with Gasteiger partial charge in [0.2, 0.25) is 5.91 Å². The predicted octanol–water partition coefficient (Wildman–Crippen LogP) is 1.15. The molecule has 0 spiro atoms. The molecule has 2 unspecified atom stereocenters. The predicted molar refractivity (Wildman–Crippen MR) is 70.4 cm³/mol. The van der Waals surface area contributed by atoms with Gasteiger partial charge in [-0.05, 0) is 25.3 Å². The molecule has 0 aliphatic carbocycles. The SMILES string of the molecule is CC1(C(=O)O)CCCN1C(=O)C(N)c1ccccc1. The quantitative estimate of drug-likeness (QED) is 0.856. The van der Waals surface area contributed by atoms with Crippen LogP contribution in [0.1, 0.15) is 31.4 Å². The number of hydrogen-bond donors (Lipinski definition) is 2. The molecule has 0 aromatic heterocycles. The zero-order valence-electron chi connectivity index (χ0n) is 10.9. The molecule has 5 heteroatoms. The Morgan fingerprint density at radius 2 is 2.00 bits per heavy atom. The number of aliphatic carboxylic acids is 1. The van der Waals surface area contributed by atoms with E-state index in [0.717, 1.165) is 0 Å². The van der Waals surface area contributed by atoms with Crippen LogP contribution in [0, 0.1) is 0 Å². The van der Waals surface area contributed by atoms with Crippen LogP contribution < -0.4 is 5.73 Å². The van der Waals surface area contributed by atoms with Crippen molar-refractivity contribution in [2.24, 2.45) is 5.73 Å². The number of amides is 1. The molecule has 19 heavy (non-hydrogen) atoms. The van der Waals surface area contributed by atoms with Gasteiger partial charge in [-0.25, -0.2) is 4.79 Å². The van der Waals surface area contributed by atoms with Crippen LogP contribution in [0.2, 0.25) is 0 Å². The summed E-state index contributed by atoms with van der Waals surface area (Å²) in [7, 11) is 0. The number of hydrogen-bond acceptors (Lipinski definition) is 3. The fourth-order valence-electron chi connectivity index (χ4n) is 2.51. The number of rotatable bonds is 3. The normalized spacial score (nSPS) is 24.2. The summed E-state index contributed by atoms with van der Waals surface area (Å²) in [5, 5.41) is 9.31. The Kier molecular flexibility index (Phi) is 3.57.